The lowest BCUT2D eigenvalue weighted by Crippen LogP contribution is -2.48. The molecule has 39 heavy (non-hydrogen) atoms. The number of halogens is 7. The van der Waals surface area contributed by atoms with E-state index in [2.05, 4.69) is 0 Å². The summed E-state index contributed by atoms with van der Waals surface area (Å²) in [6, 6.07) is 11.0. The molecule has 4 rings (SSSR count). The van der Waals surface area contributed by atoms with Gasteiger partial charge in [0.2, 0.25) is 5.91 Å². The van der Waals surface area contributed by atoms with Crippen LogP contribution in [-0.2, 0) is 21.9 Å². The van der Waals surface area contributed by atoms with Crippen LogP contribution in [0.15, 0.2) is 48.5 Å². The molecule has 1 aliphatic carbocycles. The molecular weight excluding hydrogens is 546 g/mol. The third-order valence-corrected chi connectivity index (χ3v) is 7.67. The van der Waals surface area contributed by atoms with Gasteiger partial charge in [0.15, 0.2) is 0 Å². The minimum absolute atomic E-state index is 0. The second-order valence-electron chi connectivity index (χ2n) is 10.4. The van der Waals surface area contributed by atoms with Crippen molar-refractivity contribution in [2.45, 2.75) is 75.5 Å². The van der Waals surface area contributed by atoms with Gasteiger partial charge in [-0.2, -0.15) is 26.3 Å². The smallest absolute Gasteiger partial charge is 0.370 e. The van der Waals surface area contributed by atoms with Gasteiger partial charge in [0.1, 0.15) is 0 Å². The van der Waals surface area contributed by atoms with Gasteiger partial charge >= 0.3 is 12.4 Å². The fourth-order valence-corrected chi connectivity index (χ4v) is 5.49. The molecule has 2 aromatic carbocycles. The van der Waals surface area contributed by atoms with E-state index in [4.69, 9.17) is 10.5 Å². The van der Waals surface area contributed by atoms with E-state index in [0.717, 1.165) is 31.2 Å². The van der Waals surface area contributed by atoms with E-state index in [1.165, 1.54) is 6.92 Å². The Kier molecular flexibility index (Phi) is 9.99. The number of carbonyl (C=O) groups is 1. The molecular formula is C28H33ClF6N2O2. The van der Waals surface area contributed by atoms with Crippen molar-refractivity contribution in [2.75, 3.05) is 13.1 Å². The predicted molar refractivity (Wildman–Crippen MR) is 137 cm³/mol. The van der Waals surface area contributed by atoms with Crippen molar-refractivity contribution in [3.05, 3.63) is 70.8 Å². The molecule has 2 N–H and O–H groups in total. The van der Waals surface area contributed by atoms with Gasteiger partial charge in [-0.05, 0) is 68.4 Å². The lowest BCUT2D eigenvalue weighted by molar-refractivity contribution is -0.143. The molecule has 0 bridgehead atoms. The summed E-state index contributed by atoms with van der Waals surface area (Å²) in [4.78, 5) is 15.1. The van der Waals surface area contributed by atoms with Crippen LogP contribution in [0.5, 0.6) is 0 Å². The summed E-state index contributed by atoms with van der Waals surface area (Å²) in [5.41, 5.74) is 3.94. The third kappa shape index (κ3) is 7.67. The molecule has 4 nitrogen and oxygen atoms in total. The van der Waals surface area contributed by atoms with E-state index in [1.54, 1.807) is 0 Å². The number of likely N-dealkylation sites (tertiary alicyclic amines) is 1. The molecule has 0 aromatic heterocycles. The van der Waals surface area contributed by atoms with Gasteiger partial charge in [-0.1, -0.05) is 30.3 Å². The first kappa shape index (κ1) is 31.2. The van der Waals surface area contributed by atoms with E-state index in [-0.39, 0.29) is 47.8 Å². The standard InChI is InChI=1S/C28H32F6N2O2.ClH/c1-17(20-13-21(27(29,30)31)15-22(14-20)28(32,33)34)38-25-11-12-36(16-24(25)18-5-3-2-4-6-18)26(37)19-7-9-23(35)10-8-19;/h2-6,13-15,17,19,23-25H,7-12,16,35H2,1H3;1H/t17-,19-,23-,24+,25+;/m0./s1. The van der Waals surface area contributed by atoms with Crippen LogP contribution >= 0.6 is 12.4 Å². The number of rotatable bonds is 5. The van der Waals surface area contributed by atoms with Crippen molar-refractivity contribution in [1.82, 2.24) is 4.90 Å². The SMILES string of the molecule is C[C@H](O[C@@H]1CCN(C(=O)[C@H]2CC[C@H](N)CC2)C[C@@H]1c1ccccc1)c1cc(C(F)(F)F)cc(C(F)(F)F)c1.Cl. The monoisotopic (exact) mass is 578 g/mol. The molecule has 0 spiro atoms. The minimum Gasteiger partial charge on any atom is -0.370 e. The third-order valence-electron chi connectivity index (χ3n) is 7.67. The van der Waals surface area contributed by atoms with Crippen molar-refractivity contribution < 1.29 is 35.9 Å². The summed E-state index contributed by atoms with van der Waals surface area (Å²) in [6.45, 7) is 2.22. The summed E-state index contributed by atoms with van der Waals surface area (Å²) >= 11 is 0. The molecule has 2 fully saturated rings. The number of hydrogen-bond donors (Lipinski definition) is 1. The van der Waals surface area contributed by atoms with Crippen molar-refractivity contribution in [3.63, 3.8) is 0 Å². The molecule has 1 aliphatic heterocycles. The van der Waals surface area contributed by atoms with Gasteiger partial charge in [-0.25, -0.2) is 0 Å². The molecule has 216 valence electrons. The second kappa shape index (κ2) is 12.5. The van der Waals surface area contributed by atoms with Gasteiger partial charge in [-0.15, -0.1) is 12.4 Å². The molecule has 0 radical (unpaired) electrons. The lowest BCUT2D eigenvalue weighted by atomic mass is 9.83. The largest absolute Gasteiger partial charge is 0.416 e. The van der Waals surface area contributed by atoms with E-state index in [9.17, 15) is 31.1 Å². The van der Waals surface area contributed by atoms with Crippen LogP contribution in [0.3, 0.4) is 0 Å². The minimum atomic E-state index is -4.93. The molecule has 11 heteroatoms. The molecule has 0 unspecified atom stereocenters. The van der Waals surface area contributed by atoms with Gasteiger partial charge in [0.05, 0.1) is 23.3 Å². The molecule has 2 aromatic rings. The number of benzene rings is 2. The summed E-state index contributed by atoms with van der Waals surface area (Å²) in [5.74, 6) is -0.305. The number of nitrogens with two attached hydrogens (primary N) is 1. The highest BCUT2D eigenvalue weighted by atomic mass is 35.5. The van der Waals surface area contributed by atoms with Crippen LogP contribution in [0.4, 0.5) is 26.3 Å². The van der Waals surface area contributed by atoms with Crippen LogP contribution in [0.1, 0.15) is 73.3 Å². The summed E-state index contributed by atoms with van der Waals surface area (Å²) < 4.78 is 86.5. The van der Waals surface area contributed by atoms with Gasteiger partial charge < -0.3 is 15.4 Å². The van der Waals surface area contributed by atoms with Crippen molar-refractivity contribution >= 4 is 18.3 Å². The van der Waals surface area contributed by atoms with Crippen LogP contribution in [-0.4, -0.2) is 36.0 Å². The highest BCUT2D eigenvalue weighted by Crippen LogP contribution is 2.40. The van der Waals surface area contributed by atoms with E-state index < -0.39 is 35.7 Å². The number of ether oxygens (including phenoxy) is 1. The van der Waals surface area contributed by atoms with Crippen molar-refractivity contribution in [2.24, 2.45) is 11.7 Å². The zero-order valence-electron chi connectivity index (χ0n) is 21.5. The number of amides is 1. The van der Waals surface area contributed by atoms with Crippen LogP contribution < -0.4 is 5.73 Å². The number of hydrogen-bond acceptors (Lipinski definition) is 3. The van der Waals surface area contributed by atoms with Gasteiger partial charge in [0, 0.05) is 31.0 Å². The van der Waals surface area contributed by atoms with Crippen LogP contribution in [0, 0.1) is 5.92 Å². The lowest BCUT2D eigenvalue weighted by Gasteiger charge is -2.41. The van der Waals surface area contributed by atoms with E-state index >= 15 is 0 Å². The highest BCUT2D eigenvalue weighted by Gasteiger charge is 2.39. The Hall–Kier alpha value is -2.30. The highest BCUT2D eigenvalue weighted by molar-refractivity contribution is 5.85. The zero-order valence-corrected chi connectivity index (χ0v) is 22.3. The molecule has 1 heterocycles. The van der Waals surface area contributed by atoms with E-state index in [0.29, 0.717) is 31.6 Å². The predicted octanol–water partition coefficient (Wildman–Crippen LogP) is 7.13. The maximum Gasteiger partial charge on any atom is 0.416 e. The fourth-order valence-electron chi connectivity index (χ4n) is 5.49. The maximum absolute atomic E-state index is 13.4. The number of alkyl halides is 6. The Morgan fingerprint density at radius 1 is 0.923 bits per heavy atom. The van der Waals surface area contributed by atoms with Crippen molar-refractivity contribution in [3.8, 4) is 0 Å². The molecule has 1 saturated heterocycles. The summed E-state index contributed by atoms with van der Waals surface area (Å²) in [5, 5.41) is 0. The zero-order chi connectivity index (χ0) is 27.7. The van der Waals surface area contributed by atoms with Gasteiger partial charge in [0.25, 0.3) is 0 Å². The maximum atomic E-state index is 13.4. The fraction of sp³-hybridized carbons (Fsp3) is 0.536. The number of piperidine rings is 1. The average molecular weight is 579 g/mol. The number of carbonyl (C=O) groups excluding carboxylic acids is 1. The normalized spacial score (nSPS) is 25.1. The topological polar surface area (TPSA) is 55.6 Å². The first-order valence-corrected chi connectivity index (χ1v) is 12.9. The van der Waals surface area contributed by atoms with Gasteiger partial charge in [-0.3, -0.25) is 4.79 Å². The first-order valence-electron chi connectivity index (χ1n) is 12.9. The second-order valence-corrected chi connectivity index (χ2v) is 10.4. The summed E-state index contributed by atoms with van der Waals surface area (Å²) in [7, 11) is 0. The molecule has 1 saturated carbocycles. The Balaban J connectivity index is 0.00000420. The molecule has 3 atom stereocenters. The Morgan fingerprint density at radius 2 is 1.49 bits per heavy atom. The van der Waals surface area contributed by atoms with Crippen molar-refractivity contribution in [1.29, 1.82) is 0 Å². The quantitative estimate of drug-likeness (QED) is 0.384. The number of nitrogens with zero attached hydrogens (tertiary/aromatic N) is 1. The van der Waals surface area contributed by atoms with E-state index in [1.807, 2.05) is 35.2 Å². The Labute approximate surface area is 230 Å². The Morgan fingerprint density at radius 3 is 2.03 bits per heavy atom. The molecule has 2 aliphatic rings. The van der Waals surface area contributed by atoms with Crippen LogP contribution in [0.2, 0.25) is 0 Å². The Bertz CT molecular complexity index is 1070. The summed E-state index contributed by atoms with van der Waals surface area (Å²) in [6.07, 6.45) is -7.92. The van der Waals surface area contributed by atoms with Crippen LogP contribution in [0.25, 0.3) is 0 Å². The first-order chi connectivity index (χ1) is 17.8. The molecule has 1 amide bonds. The average Bonchev–Trinajstić information content (AvgIpc) is 2.88.